The topological polar surface area (TPSA) is 18.5 Å². The molecule has 3 aromatic rings. The van der Waals surface area contributed by atoms with Gasteiger partial charge < -0.3 is 9.47 Å². The largest absolute Gasteiger partial charge is 0.489 e. The van der Waals surface area contributed by atoms with Crippen molar-refractivity contribution in [2.45, 2.75) is 26.4 Å². The molecule has 122 valence electrons. The molecule has 0 atom stereocenters. The molecule has 0 N–H and O–H groups in total. The predicted molar refractivity (Wildman–Crippen MR) is 97.8 cm³/mol. The van der Waals surface area contributed by atoms with Crippen LogP contribution < -0.4 is 9.47 Å². The van der Waals surface area contributed by atoms with Crippen LogP contribution in [-0.4, -0.2) is 0 Å². The minimum Gasteiger partial charge on any atom is -0.489 e. The first kappa shape index (κ1) is 16.1. The highest BCUT2D eigenvalue weighted by atomic mass is 16.5. The summed E-state index contributed by atoms with van der Waals surface area (Å²) in [7, 11) is 0. The first-order valence-corrected chi connectivity index (χ1v) is 8.25. The zero-order chi connectivity index (χ0) is 16.8. The smallest absolute Gasteiger partial charge is 0.131 e. The van der Waals surface area contributed by atoms with Crippen molar-refractivity contribution in [1.82, 2.24) is 0 Å². The molecule has 0 amide bonds. The van der Waals surface area contributed by atoms with Crippen LogP contribution in [-0.2, 0) is 6.61 Å². The van der Waals surface area contributed by atoms with Crippen molar-refractivity contribution >= 4 is 0 Å². The van der Waals surface area contributed by atoms with Gasteiger partial charge in [0.25, 0.3) is 0 Å². The Hall–Kier alpha value is -2.74. The van der Waals surface area contributed by atoms with Crippen LogP contribution in [0.3, 0.4) is 0 Å². The van der Waals surface area contributed by atoms with E-state index in [4.69, 9.17) is 9.47 Å². The summed E-state index contributed by atoms with van der Waals surface area (Å²) in [5, 5.41) is 0. The normalized spacial score (nSPS) is 10.6. The number of hydrogen-bond acceptors (Lipinski definition) is 2. The maximum Gasteiger partial charge on any atom is 0.131 e. The Labute approximate surface area is 143 Å². The van der Waals surface area contributed by atoms with E-state index in [1.54, 1.807) is 0 Å². The summed E-state index contributed by atoms with van der Waals surface area (Å²) in [5.74, 6) is 2.93. The summed E-state index contributed by atoms with van der Waals surface area (Å²) in [6, 6.07) is 26.1. The van der Waals surface area contributed by atoms with Crippen LogP contribution >= 0.6 is 0 Å². The SMILES string of the molecule is CC(C)c1ccc(Oc2cccc(OCc3ccccc3)c2)cc1. The number of hydrogen-bond donors (Lipinski definition) is 0. The molecular weight excluding hydrogens is 296 g/mol. The Kier molecular flexibility index (Phi) is 5.17. The summed E-state index contributed by atoms with van der Waals surface area (Å²) in [4.78, 5) is 0. The van der Waals surface area contributed by atoms with Gasteiger partial charge in [-0.25, -0.2) is 0 Å². The van der Waals surface area contributed by atoms with E-state index in [0.717, 1.165) is 22.8 Å². The molecule has 0 heterocycles. The molecule has 0 radical (unpaired) electrons. The van der Waals surface area contributed by atoms with E-state index < -0.39 is 0 Å². The van der Waals surface area contributed by atoms with E-state index in [1.807, 2.05) is 54.6 Å². The summed E-state index contributed by atoms with van der Waals surface area (Å²) >= 11 is 0. The van der Waals surface area contributed by atoms with E-state index in [2.05, 4.69) is 38.1 Å². The van der Waals surface area contributed by atoms with Crippen molar-refractivity contribution in [2.24, 2.45) is 0 Å². The lowest BCUT2D eigenvalue weighted by atomic mass is 10.0. The summed E-state index contributed by atoms with van der Waals surface area (Å²) in [5.41, 5.74) is 2.45. The van der Waals surface area contributed by atoms with Crippen molar-refractivity contribution in [3.05, 3.63) is 90.0 Å². The molecule has 0 bridgehead atoms. The summed E-state index contributed by atoms with van der Waals surface area (Å²) < 4.78 is 11.8. The molecule has 2 heteroatoms. The Morgan fingerprint density at radius 3 is 2.12 bits per heavy atom. The molecule has 0 saturated heterocycles. The fourth-order valence-corrected chi connectivity index (χ4v) is 2.43. The lowest BCUT2D eigenvalue weighted by Crippen LogP contribution is -1.95. The number of benzene rings is 3. The van der Waals surface area contributed by atoms with E-state index in [0.29, 0.717) is 12.5 Å². The van der Waals surface area contributed by atoms with Gasteiger partial charge in [0.05, 0.1) is 0 Å². The lowest BCUT2D eigenvalue weighted by molar-refractivity contribution is 0.304. The second-order valence-electron chi connectivity index (χ2n) is 6.07. The van der Waals surface area contributed by atoms with Crippen molar-refractivity contribution in [1.29, 1.82) is 0 Å². The number of rotatable bonds is 6. The van der Waals surface area contributed by atoms with Crippen LogP contribution in [0.25, 0.3) is 0 Å². The Bertz CT molecular complexity index is 761. The molecule has 0 aliphatic heterocycles. The van der Waals surface area contributed by atoms with Gasteiger partial charge in [-0.2, -0.15) is 0 Å². The third-order valence-electron chi connectivity index (χ3n) is 3.84. The molecule has 24 heavy (non-hydrogen) atoms. The molecule has 0 spiro atoms. The van der Waals surface area contributed by atoms with E-state index in [9.17, 15) is 0 Å². The third kappa shape index (κ3) is 4.39. The molecule has 0 saturated carbocycles. The summed E-state index contributed by atoms with van der Waals surface area (Å²) in [6.45, 7) is 4.92. The third-order valence-corrected chi connectivity index (χ3v) is 3.84. The van der Waals surface area contributed by atoms with E-state index >= 15 is 0 Å². The van der Waals surface area contributed by atoms with Gasteiger partial charge in [0, 0.05) is 6.07 Å². The van der Waals surface area contributed by atoms with E-state index in [1.165, 1.54) is 5.56 Å². The molecule has 0 aliphatic rings. The molecule has 3 aromatic carbocycles. The van der Waals surface area contributed by atoms with Gasteiger partial charge in [0.2, 0.25) is 0 Å². The van der Waals surface area contributed by atoms with Crippen LogP contribution in [0.2, 0.25) is 0 Å². The van der Waals surface area contributed by atoms with Crippen LogP contribution in [0.15, 0.2) is 78.9 Å². The van der Waals surface area contributed by atoms with Gasteiger partial charge in [-0.1, -0.05) is 62.4 Å². The average Bonchev–Trinajstić information content (AvgIpc) is 2.62. The first-order chi connectivity index (χ1) is 11.7. The zero-order valence-electron chi connectivity index (χ0n) is 14.1. The van der Waals surface area contributed by atoms with Gasteiger partial charge in [-0.05, 0) is 41.3 Å². The quantitative estimate of drug-likeness (QED) is 0.540. The Morgan fingerprint density at radius 1 is 0.708 bits per heavy atom. The predicted octanol–water partition coefficient (Wildman–Crippen LogP) is 6.18. The molecule has 3 rings (SSSR count). The minimum atomic E-state index is 0.522. The fourth-order valence-electron chi connectivity index (χ4n) is 2.43. The number of ether oxygens (including phenoxy) is 2. The van der Waals surface area contributed by atoms with Crippen molar-refractivity contribution in [3.8, 4) is 17.2 Å². The Morgan fingerprint density at radius 2 is 1.42 bits per heavy atom. The molecule has 2 nitrogen and oxygen atoms in total. The van der Waals surface area contributed by atoms with Crippen LogP contribution in [0.4, 0.5) is 0 Å². The molecule has 0 fully saturated rings. The highest BCUT2D eigenvalue weighted by Crippen LogP contribution is 2.27. The van der Waals surface area contributed by atoms with Gasteiger partial charge >= 0.3 is 0 Å². The highest BCUT2D eigenvalue weighted by molar-refractivity contribution is 5.38. The van der Waals surface area contributed by atoms with Crippen molar-refractivity contribution < 1.29 is 9.47 Å². The maximum atomic E-state index is 5.93. The van der Waals surface area contributed by atoms with Crippen molar-refractivity contribution in [2.75, 3.05) is 0 Å². The van der Waals surface area contributed by atoms with Crippen LogP contribution in [0.5, 0.6) is 17.2 Å². The molecule has 0 aromatic heterocycles. The Balaban J connectivity index is 1.64. The first-order valence-electron chi connectivity index (χ1n) is 8.25. The highest BCUT2D eigenvalue weighted by Gasteiger charge is 2.03. The minimum absolute atomic E-state index is 0.522. The van der Waals surface area contributed by atoms with Gasteiger partial charge in [0.1, 0.15) is 23.9 Å². The summed E-state index contributed by atoms with van der Waals surface area (Å²) in [6.07, 6.45) is 0. The molecular formula is C22H22O2. The lowest BCUT2D eigenvalue weighted by Gasteiger charge is -2.10. The monoisotopic (exact) mass is 318 g/mol. The van der Waals surface area contributed by atoms with Gasteiger partial charge in [-0.15, -0.1) is 0 Å². The standard InChI is InChI=1S/C22H22O2/c1-17(2)19-11-13-20(14-12-19)24-22-10-6-9-21(15-22)23-16-18-7-4-3-5-8-18/h3-15,17H,16H2,1-2H3. The van der Waals surface area contributed by atoms with Gasteiger partial charge in [-0.3, -0.25) is 0 Å². The van der Waals surface area contributed by atoms with E-state index in [-0.39, 0.29) is 0 Å². The van der Waals surface area contributed by atoms with Gasteiger partial charge in [0.15, 0.2) is 0 Å². The van der Waals surface area contributed by atoms with Crippen LogP contribution in [0, 0.1) is 0 Å². The second-order valence-corrected chi connectivity index (χ2v) is 6.07. The average molecular weight is 318 g/mol. The molecule has 0 unspecified atom stereocenters. The zero-order valence-corrected chi connectivity index (χ0v) is 14.1. The van der Waals surface area contributed by atoms with Crippen LogP contribution in [0.1, 0.15) is 30.9 Å². The maximum absolute atomic E-state index is 5.93. The van der Waals surface area contributed by atoms with Crippen molar-refractivity contribution in [3.63, 3.8) is 0 Å². The fraction of sp³-hybridized carbons (Fsp3) is 0.182. The second kappa shape index (κ2) is 7.69. The molecule has 0 aliphatic carbocycles.